The number of benzene rings is 1. The number of hydrogen-bond donors (Lipinski definition) is 2. The lowest BCUT2D eigenvalue weighted by atomic mass is 9.96. The highest BCUT2D eigenvalue weighted by Crippen LogP contribution is 2.21. The SMILES string of the molecule is N=CC1=C/C(=C/Nc2ccccc2)CCC1. The van der Waals surface area contributed by atoms with Crippen LogP contribution in [-0.4, -0.2) is 6.21 Å². The van der Waals surface area contributed by atoms with Gasteiger partial charge in [0.25, 0.3) is 0 Å². The van der Waals surface area contributed by atoms with E-state index in [0.29, 0.717) is 0 Å². The minimum absolute atomic E-state index is 1.03. The zero-order valence-electron chi connectivity index (χ0n) is 9.24. The highest BCUT2D eigenvalue weighted by molar-refractivity contribution is 5.77. The van der Waals surface area contributed by atoms with Crippen LogP contribution in [0.5, 0.6) is 0 Å². The van der Waals surface area contributed by atoms with E-state index in [4.69, 9.17) is 5.41 Å². The van der Waals surface area contributed by atoms with Gasteiger partial charge >= 0.3 is 0 Å². The normalized spacial score (nSPS) is 18.0. The molecule has 0 heterocycles. The van der Waals surface area contributed by atoms with Gasteiger partial charge in [0.15, 0.2) is 0 Å². The Bertz CT molecular complexity index is 416. The van der Waals surface area contributed by atoms with Gasteiger partial charge in [-0.1, -0.05) is 24.3 Å². The van der Waals surface area contributed by atoms with Gasteiger partial charge in [-0.15, -0.1) is 0 Å². The summed E-state index contributed by atoms with van der Waals surface area (Å²) in [5, 5.41) is 10.5. The fraction of sp³-hybridized carbons (Fsp3) is 0.214. The summed E-state index contributed by atoms with van der Waals surface area (Å²) in [6.07, 6.45) is 8.87. The van der Waals surface area contributed by atoms with Crippen molar-refractivity contribution < 1.29 is 0 Å². The molecule has 0 bridgehead atoms. The van der Waals surface area contributed by atoms with Gasteiger partial charge in [0.05, 0.1) is 0 Å². The summed E-state index contributed by atoms with van der Waals surface area (Å²) in [7, 11) is 0. The largest absolute Gasteiger partial charge is 0.361 e. The maximum Gasteiger partial charge on any atom is 0.0379 e. The Morgan fingerprint density at radius 1 is 1.12 bits per heavy atom. The summed E-state index contributed by atoms with van der Waals surface area (Å²) in [5.74, 6) is 0. The van der Waals surface area contributed by atoms with Gasteiger partial charge in [0, 0.05) is 18.1 Å². The standard InChI is InChI=1S/C14H16N2/c15-10-12-5-4-6-13(9-12)11-16-14-7-2-1-3-8-14/h1-3,7-11,15-16H,4-6H2/b13-11+,15-10?. The molecule has 2 N–H and O–H groups in total. The molecule has 0 saturated heterocycles. The first kappa shape index (κ1) is 10.7. The lowest BCUT2D eigenvalue weighted by Gasteiger charge is -2.12. The van der Waals surface area contributed by atoms with Crippen molar-refractivity contribution in [2.45, 2.75) is 19.3 Å². The van der Waals surface area contributed by atoms with E-state index >= 15 is 0 Å². The fourth-order valence-electron chi connectivity index (χ4n) is 1.82. The topological polar surface area (TPSA) is 35.9 Å². The van der Waals surface area contributed by atoms with E-state index in [1.807, 2.05) is 36.5 Å². The third-order valence-corrected chi connectivity index (χ3v) is 2.69. The van der Waals surface area contributed by atoms with Gasteiger partial charge in [0.1, 0.15) is 0 Å². The molecule has 0 unspecified atom stereocenters. The minimum atomic E-state index is 1.03. The molecule has 2 rings (SSSR count). The summed E-state index contributed by atoms with van der Waals surface area (Å²) in [5.41, 5.74) is 3.49. The molecule has 1 aliphatic rings. The van der Waals surface area contributed by atoms with Crippen LogP contribution in [0.4, 0.5) is 5.69 Å². The Labute approximate surface area is 96.2 Å². The second kappa shape index (κ2) is 5.31. The Morgan fingerprint density at radius 2 is 1.94 bits per heavy atom. The van der Waals surface area contributed by atoms with E-state index in [2.05, 4.69) is 11.4 Å². The van der Waals surface area contributed by atoms with Crippen LogP contribution in [0.25, 0.3) is 0 Å². The van der Waals surface area contributed by atoms with Crippen molar-refractivity contribution in [3.05, 3.63) is 53.8 Å². The number of anilines is 1. The molecule has 0 radical (unpaired) electrons. The van der Waals surface area contributed by atoms with Crippen LogP contribution in [0.2, 0.25) is 0 Å². The lowest BCUT2D eigenvalue weighted by molar-refractivity contribution is 0.805. The number of allylic oxidation sites excluding steroid dienone is 3. The van der Waals surface area contributed by atoms with Crippen molar-refractivity contribution in [2.24, 2.45) is 0 Å². The molecule has 1 aromatic carbocycles. The summed E-state index contributed by atoms with van der Waals surface area (Å²) >= 11 is 0. The Kier molecular flexibility index (Phi) is 3.54. The van der Waals surface area contributed by atoms with Crippen molar-refractivity contribution in [1.82, 2.24) is 0 Å². The predicted molar refractivity (Wildman–Crippen MR) is 68.9 cm³/mol. The van der Waals surface area contributed by atoms with E-state index < -0.39 is 0 Å². The molecule has 0 aromatic heterocycles. The molecule has 0 fully saturated rings. The molecule has 1 aliphatic carbocycles. The molecule has 82 valence electrons. The number of nitrogens with one attached hydrogen (secondary N) is 2. The second-order valence-electron chi connectivity index (χ2n) is 3.95. The average molecular weight is 212 g/mol. The molecular formula is C14H16N2. The van der Waals surface area contributed by atoms with Crippen LogP contribution >= 0.6 is 0 Å². The molecule has 0 spiro atoms. The smallest absolute Gasteiger partial charge is 0.0379 e. The van der Waals surface area contributed by atoms with Crippen LogP contribution in [0.1, 0.15) is 19.3 Å². The van der Waals surface area contributed by atoms with Crippen molar-refractivity contribution in [2.75, 3.05) is 5.32 Å². The van der Waals surface area contributed by atoms with Gasteiger partial charge in [-0.05, 0) is 42.5 Å². The fourth-order valence-corrected chi connectivity index (χ4v) is 1.82. The highest BCUT2D eigenvalue weighted by atomic mass is 14.8. The molecule has 2 nitrogen and oxygen atoms in total. The van der Waals surface area contributed by atoms with Crippen LogP contribution in [0.15, 0.2) is 53.8 Å². The van der Waals surface area contributed by atoms with Crippen LogP contribution < -0.4 is 5.32 Å². The molecular weight excluding hydrogens is 196 g/mol. The number of para-hydroxylation sites is 1. The lowest BCUT2D eigenvalue weighted by Crippen LogP contribution is -1.98. The maximum absolute atomic E-state index is 7.24. The summed E-state index contributed by atoms with van der Waals surface area (Å²) in [6, 6.07) is 10.1. The third kappa shape index (κ3) is 2.83. The van der Waals surface area contributed by atoms with Gasteiger partial charge in [-0.25, -0.2) is 0 Å². The van der Waals surface area contributed by atoms with Gasteiger partial charge in [-0.3, -0.25) is 0 Å². The zero-order chi connectivity index (χ0) is 11.2. The van der Waals surface area contributed by atoms with Gasteiger partial charge < -0.3 is 10.7 Å². The van der Waals surface area contributed by atoms with Gasteiger partial charge in [-0.2, -0.15) is 0 Å². The number of hydrogen-bond acceptors (Lipinski definition) is 2. The first-order valence-corrected chi connectivity index (χ1v) is 5.60. The van der Waals surface area contributed by atoms with Crippen molar-refractivity contribution >= 4 is 11.9 Å². The summed E-state index contributed by atoms with van der Waals surface area (Å²) in [4.78, 5) is 0. The average Bonchev–Trinajstić information content (AvgIpc) is 2.38. The predicted octanol–water partition coefficient (Wildman–Crippen LogP) is 3.74. The summed E-state index contributed by atoms with van der Waals surface area (Å²) in [6.45, 7) is 0. The van der Waals surface area contributed by atoms with Crippen molar-refractivity contribution in [3.8, 4) is 0 Å². The Hall–Kier alpha value is -1.83. The Morgan fingerprint density at radius 3 is 2.69 bits per heavy atom. The van der Waals surface area contributed by atoms with E-state index in [1.54, 1.807) is 0 Å². The first-order chi connectivity index (χ1) is 7.88. The van der Waals surface area contributed by atoms with Crippen LogP contribution in [0, 0.1) is 5.41 Å². The molecule has 1 aromatic rings. The van der Waals surface area contributed by atoms with Crippen LogP contribution in [0.3, 0.4) is 0 Å². The molecule has 2 heteroatoms. The first-order valence-electron chi connectivity index (χ1n) is 5.60. The van der Waals surface area contributed by atoms with E-state index in [9.17, 15) is 0 Å². The molecule has 0 amide bonds. The number of rotatable bonds is 3. The summed E-state index contributed by atoms with van der Waals surface area (Å²) < 4.78 is 0. The monoisotopic (exact) mass is 212 g/mol. The van der Waals surface area contributed by atoms with E-state index in [-0.39, 0.29) is 0 Å². The maximum atomic E-state index is 7.24. The molecule has 16 heavy (non-hydrogen) atoms. The quantitative estimate of drug-likeness (QED) is 0.735. The van der Waals surface area contributed by atoms with Crippen molar-refractivity contribution in [1.29, 1.82) is 5.41 Å². The van der Waals surface area contributed by atoms with E-state index in [0.717, 1.165) is 30.5 Å². The minimum Gasteiger partial charge on any atom is -0.361 e. The van der Waals surface area contributed by atoms with Crippen molar-refractivity contribution in [3.63, 3.8) is 0 Å². The molecule has 0 atom stereocenters. The van der Waals surface area contributed by atoms with Crippen LogP contribution in [-0.2, 0) is 0 Å². The Balaban J connectivity index is 2.05. The second-order valence-corrected chi connectivity index (χ2v) is 3.95. The van der Waals surface area contributed by atoms with E-state index in [1.165, 1.54) is 11.8 Å². The zero-order valence-corrected chi connectivity index (χ0v) is 9.24. The highest BCUT2D eigenvalue weighted by Gasteiger charge is 2.04. The third-order valence-electron chi connectivity index (χ3n) is 2.69. The van der Waals surface area contributed by atoms with Gasteiger partial charge in [0.2, 0.25) is 0 Å². The molecule has 0 saturated carbocycles. The molecule has 0 aliphatic heterocycles.